The maximum Gasteiger partial charge on any atom is 0.405 e. The van der Waals surface area contributed by atoms with Crippen LogP contribution in [0.4, 0.5) is 4.79 Å². The van der Waals surface area contributed by atoms with Crippen molar-refractivity contribution in [3.63, 3.8) is 0 Å². The number of benzene rings is 2. The van der Waals surface area contributed by atoms with E-state index in [4.69, 9.17) is 21.5 Å². The van der Waals surface area contributed by atoms with E-state index in [0.717, 1.165) is 16.7 Å². The van der Waals surface area contributed by atoms with Crippen molar-refractivity contribution in [3.8, 4) is 0 Å². The molecule has 0 fully saturated rings. The monoisotopic (exact) mass is 403 g/mol. The molecule has 0 aliphatic heterocycles. The zero-order valence-electron chi connectivity index (χ0n) is 15.4. The highest BCUT2D eigenvalue weighted by molar-refractivity contribution is 6.31. The van der Waals surface area contributed by atoms with Gasteiger partial charge in [-0.1, -0.05) is 54.1 Å². The molecule has 0 spiro atoms. The summed E-state index contributed by atoms with van der Waals surface area (Å²) < 4.78 is 0. The summed E-state index contributed by atoms with van der Waals surface area (Å²) in [6.07, 6.45) is -1.26. The van der Waals surface area contributed by atoms with Gasteiger partial charge in [-0.15, -0.1) is 0 Å². The maximum absolute atomic E-state index is 11.6. The minimum atomic E-state index is -1.26. The number of rotatable bonds is 9. The summed E-state index contributed by atoms with van der Waals surface area (Å²) in [6.45, 7) is 6.18. The average Bonchev–Trinajstić information content (AvgIpc) is 2.65. The Hall–Kier alpha value is -3.03. The summed E-state index contributed by atoms with van der Waals surface area (Å²) in [7, 11) is 0. The third-order valence-electron chi connectivity index (χ3n) is 3.79. The first-order valence-electron chi connectivity index (χ1n) is 8.49. The molecule has 0 aromatic heterocycles. The van der Waals surface area contributed by atoms with Gasteiger partial charge in [0.15, 0.2) is 0 Å². The van der Waals surface area contributed by atoms with E-state index in [2.05, 4.69) is 17.4 Å². The molecule has 2 aromatic carbocycles. The third kappa shape index (κ3) is 6.94. The summed E-state index contributed by atoms with van der Waals surface area (Å²) >= 11 is 6.17. The summed E-state index contributed by atoms with van der Waals surface area (Å²) in [6, 6.07) is 13.2. The molecular weight excluding hydrogens is 382 g/mol. The molecule has 148 valence electrons. The van der Waals surface area contributed by atoms with Crippen LogP contribution in [0.25, 0.3) is 5.70 Å². The first-order valence-corrected chi connectivity index (χ1v) is 8.87. The van der Waals surface area contributed by atoms with Crippen molar-refractivity contribution in [1.29, 1.82) is 0 Å². The van der Waals surface area contributed by atoms with Crippen molar-refractivity contribution in [2.45, 2.75) is 20.1 Å². The number of amides is 2. The molecule has 0 saturated heterocycles. The van der Waals surface area contributed by atoms with E-state index in [0.29, 0.717) is 22.9 Å². The molecule has 4 N–H and O–H groups in total. The number of carbonyl (C=O) groups excluding carboxylic acids is 1. The van der Waals surface area contributed by atoms with E-state index in [1.807, 2.05) is 36.5 Å². The third-order valence-corrected chi connectivity index (χ3v) is 4.16. The van der Waals surface area contributed by atoms with Gasteiger partial charge in [0.1, 0.15) is 0 Å². The van der Waals surface area contributed by atoms with Gasteiger partial charge in [-0.3, -0.25) is 15.1 Å². The first-order chi connectivity index (χ1) is 13.3. The Morgan fingerprint density at radius 3 is 2.68 bits per heavy atom. The number of aryl methyl sites for hydroxylation is 1. The molecule has 0 aliphatic carbocycles. The Bertz CT molecular complexity index is 870. The fourth-order valence-corrected chi connectivity index (χ4v) is 2.56. The van der Waals surface area contributed by atoms with E-state index in [1.165, 1.54) is 0 Å². The number of hydroxylamine groups is 1. The van der Waals surface area contributed by atoms with Gasteiger partial charge < -0.3 is 15.7 Å². The van der Waals surface area contributed by atoms with Gasteiger partial charge >= 0.3 is 6.09 Å². The lowest BCUT2D eigenvalue weighted by atomic mass is 10.1. The van der Waals surface area contributed by atoms with Crippen LogP contribution >= 0.6 is 11.6 Å². The average molecular weight is 404 g/mol. The second-order valence-corrected chi connectivity index (χ2v) is 6.51. The molecule has 8 heteroatoms. The van der Waals surface area contributed by atoms with Gasteiger partial charge in [0, 0.05) is 11.6 Å². The molecule has 0 heterocycles. The molecule has 2 aromatic rings. The molecule has 0 radical (unpaired) electrons. The van der Waals surface area contributed by atoms with E-state index < -0.39 is 12.0 Å². The summed E-state index contributed by atoms with van der Waals surface area (Å²) in [4.78, 5) is 27.5. The molecule has 0 aliphatic rings. The van der Waals surface area contributed by atoms with E-state index >= 15 is 0 Å². The number of hydrogen-bond donors (Lipinski definition) is 4. The van der Waals surface area contributed by atoms with Crippen LogP contribution < -0.4 is 16.1 Å². The van der Waals surface area contributed by atoms with Crippen LogP contribution in [0.5, 0.6) is 0 Å². The lowest BCUT2D eigenvalue weighted by Gasteiger charge is -2.13. The molecular formula is C20H22ClN3O4. The lowest BCUT2D eigenvalue weighted by Crippen LogP contribution is -2.35. The maximum atomic E-state index is 11.6. The summed E-state index contributed by atoms with van der Waals surface area (Å²) in [5.41, 5.74) is 6.97. The predicted molar refractivity (Wildman–Crippen MR) is 107 cm³/mol. The molecule has 2 amide bonds. The topological polar surface area (TPSA) is 99.7 Å². The molecule has 0 saturated carbocycles. The van der Waals surface area contributed by atoms with Crippen molar-refractivity contribution >= 4 is 29.3 Å². The Kier molecular flexibility index (Phi) is 7.86. The largest absolute Gasteiger partial charge is 0.465 e. The van der Waals surface area contributed by atoms with Crippen LogP contribution in [0, 0.1) is 6.92 Å². The molecule has 0 unspecified atom stereocenters. The SMILES string of the molecule is C=C(NOCc1cccc(C)c1)c1ccc(Cl)c(CNC(=O)CNC(=O)O)c1. The van der Waals surface area contributed by atoms with Gasteiger partial charge in [0.05, 0.1) is 18.8 Å². The van der Waals surface area contributed by atoms with Gasteiger partial charge in [-0.2, -0.15) is 0 Å². The lowest BCUT2D eigenvalue weighted by molar-refractivity contribution is -0.120. The zero-order valence-corrected chi connectivity index (χ0v) is 16.2. The molecule has 0 atom stereocenters. The highest BCUT2D eigenvalue weighted by Gasteiger charge is 2.08. The normalized spacial score (nSPS) is 10.2. The summed E-state index contributed by atoms with van der Waals surface area (Å²) in [5, 5.41) is 13.6. The fourth-order valence-electron chi connectivity index (χ4n) is 2.38. The summed E-state index contributed by atoms with van der Waals surface area (Å²) in [5.74, 6) is -0.456. The highest BCUT2D eigenvalue weighted by atomic mass is 35.5. The van der Waals surface area contributed by atoms with Gasteiger partial charge in [0.25, 0.3) is 0 Å². The number of halogens is 1. The molecule has 0 bridgehead atoms. The van der Waals surface area contributed by atoms with Crippen molar-refractivity contribution in [2.75, 3.05) is 6.54 Å². The smallest absolute Gasteiger partial charge is 0.405 e. The van der Waals surface area contributed by atoms with Gasteiger partial charge in [0.2, 0.25) is 5.91 Å². The van der Waals surface area contributed by atoms with Crippen LogP contribution in [0.1, 0.15) is 22.3 Å². The second-order valence-electron chi connectivity index (χ2n) is 6.10. The Balaban J connectivity index is 1.89. The number of carbonyl (C=O) groups is 2. The van der Waals surface area contributed by atoms with Crippen molar-refractivity contribution in [3.05, 3.63) is 76.3 Å². The quantitative estimate of drug-likeness (QED) is 0.482. The Morgan fingerprint density at radius 2 is 1.96 bits per heavy atom. The fraction of sp³-hybridized carbons (Fsp3) is 0.200. The van der Waals surface area contributed by atoms with Gasteiger partial charge in [-0.05, 0) is 35.7 Å². The highest BCUT2D eigenvalue weighted by Crippen LogP contribution is 2.21. The second kappa shape index (κ2) is 10.3. The molecule has 28 heavy (non-hydrogen) atoms. The van der Waals surface area contributed by atoms with E-state index in [-0.39, 0.29) is 13.1 Å². The Labute approximate surface area is 168 Å². The minimum absolute atomic E-state index is 0.157. The molecule has 7 nitrogen and oxygen atoms in total. The van der Waals surface area contributed by atoms with Gasteiger partial charge in [-0.25, -0.2) is 4.79 Å². The number of carboxylic acid groups (broad SMARTS) is 1. The Morgan fingerprint density at radius 1 is 1.18 bits per heavy atom. The van der Waals surface area contributed by atoms with Crippen LogP contribution in [-0.4, -0.2) is 23.7 Å². The molecule has 2 rings (SSSR count). The standard InChI is InChI=1S/C20H22ClN3O4/c1-13-4-3-5-15(8-13)12-28-24-14(2)16-6-7-18(21)17(9-16)10-22-19(25)11-23-20(26)27/h3-9,23-24H,2,10-12H2,1H3,(H,22,25)(H,26,27). The minimum Gasteiger partial charge on any atom is -0.465 e. The number of nitrogens with one attached hydrogen (secondary N) is 3. The predicted octanol–water partition coefficient (Wildman–Crippen LogP) is 3.22. The zero-order chi connectivity index (χ0) is 20.5. The van der Waals surface area contributed by atoms with Crippen molar-refractivity contribution in [2.24, 2.45) is 0 Å². The van der Waals surface area contributed by atoms with Crippen LogP contribution in [-0.2, 0) is 22.8 Å². The van der Waals surface area contributed by atoms with Crippen LogP contribution in [0.2, 0.25) is 5.02 Å². The first kappa shape index (κ1) is 21.3. The van der Waals surface area contributed by atoms with Crippen molar-refractivity contribution in [1.82, 2.24) is 16.1 Å². The van der Waals surface area contributed by atoms with Crippen LogP contribution in [0.15, 0.2) is 49.0 Å². The van der Waals surface area contributed by atoms with Crippen molar-refractivity contribution < 1.29 is 19.5 Å². The van der Waals surface area contributed by atoms with E-state index in [9.17, 15) is 9.59 Å². The van der Waals surface area contributed by atoms with E-state index in [1.54, 1.807) is 18.2 Å². The van der Waals surface area contributed by atoms with Crippen LogP contribution in [0.3, 0.4) is 0 Å². The number of hydrogen-bond acceptors (Lipinski definition) is 4.